The summed E-state index contributed by atoms with van der Waals surface area (Å²) in [5.74, 6) is 0. The van der Waals surface area contributed by atoms with E-state index in [1.807, 2.05) is 30.3 Å². The molecular formula is C21H19ClN2O4S2. The van der Waals surface area contributed by atoms with Gasteiger partial charge in [-0.1, -0.05) is 29.8 Å². The Balaban J connectivity index is 1.82. The highest BCUT2D eigenvalue weighted by molar-refractivity contribution is 7.93. The molecule has 156 valence electrons. The van der Waals surface area contributed by atoms with Gasteiger partial charge in [0.15, 0.2) is 9.84 Å². The van der Waals surface area contributed by atoms with Crippen LogP contribution in [0.25, 0.3) is 21.8 Å². The zero-order chi connectivity index (χ0) is 21.7. The average molecular weight is 463 g/mol. The molecule has 0 aliphatic carbocycles. The smallest absolute Gasteiger partial charge is 0.263 e. The number of sulfone groups is 1. The summed E-state index contributed by atoms with van der Waals surface area (Å²) < 4.78 is 54.3. The van der Waals surface area contributed by atoms with E-state index < -0.39 is 19.9 Å². The van der Waals surface area contributed by atoms with E-state index in [1.165, 1.54) is 12.1 Å². The third-order valence-corrected chi connectivity index (χ3v) is 7.93. The number of benzene rings is 3. The molecule has 0 amide bonds. The Bertz CT molecular complexity index is 1510. The summed E-state index contributed by atoms with van der Waals surface area (Å²) >= 11 is 6.08. The van der Waals surface area contributed by atoms with E-state index >= 15 is 0 Å². The number of nitrogens with one attached hydrogen (secondary N) is 1. The molecule has 0 saturated heterocycles. The van der Waals surface area contributed by atoms with Crippen LogP contribution < -0.4 is 4.72 Å². The number of rotatable bonds is 5. The number of aryl methyl sites for hydroxylation is 1. The van der Waals surface area contributed by atoms with Crippen molar-refractivity contribution in [3.05, 3.63) is 65.7 Å². The molecule has 1 heterocycles. The number of aromatic nitrogens is 1. The second-order valence-corrected chi connectivity index (χ2v) is 11.0. The molecule has 0 spiro atoms. The standard InChI is InChI=1S/C21H19ClN2O4S2/c1-3-24-19-7-5-4-6-16(19)17-12-14(8-11-20(17)24)23-30(27,28)21-13-15(29(2,25)26)9-10-18(21)22/h4-13,23H,3H2,1-2H3. The molecule has 0 saturated carbocycles. The fourth-order valence-electron chi connectivity index (χ4n) is 3.59. The Hall–Kier alpha value is -2.55. The van der Waals surface area contributed by atoms with Crippen molar-refractivity contribution in [1.82, 2.24) is 4.57 Å². The second-order valence-electron chi connectivity index (χ2n) is 6.96. The summed E-state index contributed by atoms with van der Waals surface area (Å²) in [7, 11) is -7.68. The summed E-state index contributed by atoms with van der Waals surface area (Å²) in [6.45, 7) is 2.84. The van der Waals surface area contributed by atoms with Crippen LogP contribution >= 0.6 is 11.6 Å². The Labute approximate surface area is 180 Å². The van der Waals surface area contributed by atoms with Gasteiger partial charge in [0.05, 0.1) is 9.92 Å². The van der Waals surface area contributed by atoms with Gasteiger partial charge in [0.2, 0.25) is 0 Å². The molecule has 0 radical (unpaired) electrons. The van der Waals surface area contributed by atoms with Crippen LogP contribution in [0.2, 0.25) is 5.02 Å². The maximum atomic E-state index is 13.0. The molecule has 9 heteroatoms. The van der Waals surface area contributed by atoms with Gasteiger partial charge >= 0.3 is 0 Å². The number of hydrogen-bond donors (Lipinski definition) is 1. The number of halogens is 1. The van der Waals surface area contributed by atoms with E-state index in [0.717, 1.165) is 40.7 Å². The number of sulfonamides is 1. The number of anilines is 1. The molecule has 4 rings (SSSR count). The zero-order valence-electron chi connectivity index (χ0n) is 16.3. The van der Waals surface area contributed by atoms with Crippen LogP contribution in [0.4, 0.5) is 5.69 Å². The van der Waals surface area contributed by atoms with E-state index in [0.29, 0.717) is 5.69 Å². The fourth-order valence-corrected chi connectivity index (χ4v) is 5.89. The van der Waals surface area contributed by atoms with E-state index in [1.54, 1.807) is 12.1 Å². The van der Waals surface area contributed by atoms with Gasteiger partial charge in [0.25, 0.3) is 10.0 Å². The summed E-state index contributed by atoms with van der Waals surface area (Å²) in [5.41, 5.74) is 2.43. The van der Waals surface area contributed by atoms with Crippen molar-refractivity contribution < 1.29 is 16.8 Å². The Morgan fingerprint density at radius 1 is 0.900 bits per heavy atom. The van der Waals surface area contributed by atoms with Crippen molar-refractivity contribution in [2.75, 3.05) is 11.0 Å². The van der Waals surface area contributed by atoms with Gasteiger partial charge in [-0.3, -0.25) is 4.72 Å². The molecular weight excluding hydrogens is 444 g/mol. The highest BCUT2D eigenvalue weighted by atomic mass is 35.5. The predicted molar refractivity (Wildman–Crippen MR) is 120 cm³/mol. The molecule has 1 N–H and O–H groups in total. The summed E-state index contributed by atoms with van der Waals surface area (Å²) in [5, 5.41) is 1.88. The van der Waals surface area contributed by atoms with Crippen LogP contribution in [0.1, 0.15) is 6.92 Å². The van der Waals surface area contributed by atoms with Gasteiger partial charge in [0.1, 0.15) is 4.90 Å². The van der Waals surface area contributed by atoms with Crippen LogP contribution in [-0.4, -0.2) is 27.7 Å². The van der Waals surface area contributed by atoms with Crippen molar-refractivity contribution >= 4 is 59.0 Å². The van der Waals surface area contributed by atoms with Crippen molar-refractivity contribution in [3.8, 4) is 0 Å². The number of fused-ring (bicyclic) bond motifs is 3. The molecule has 0 aliphatic rings. The topological polar surface area (TPSA) is 85.2 Å². The first-order valence-corrected chi connectivity index (χ1v) is 12.9. The van der Waals surface area contributed by atoms with Crippen LogP contribution in [-0.2, 0) is 26.4 Å². The van der Waals surface area contributed by atoms with Gasteiger partial charge in [0, 0.05) is 40.3 Å². The molecule has 0 aliphatic heterocycles. The maximum Gasteiger partial charge on any atom is 0.263 e. The highest BCUT2D eigenvalue weighted by Crippen LogP contribution is 2.32. The lowest BCUT2D eigenvalue weighted by Crippen LogP contribution is -2.14. The molecule has 3 aromatic carbocycles. The quantitative estimate of drug-likeness (QED) is 0.467. The first kappa shape index (κ1) is 20.7. The van der Waals surface area contributed by atoms with Crippen LogP contribution in [0.3, 0.4) is 0 Å². The van der Waals surface area contributed by atoms with Gasteiger partial charge in [-0.25, -0.2) is 16.8 Å². The predicted octanol–water partition coefficient (Wildman–Crippen LogP) is 4.67. The molecule has 1 aromatic heterocycles. The third kappa shape index (κ3) is 3.55. The van der Waals surface area contributed by atoms with Crippen molar-refractivity contribution in [2.45, 2.75) is 23.3 Å². The molecule has 30 heavy (non-hydrogen) atoms. The van der Waals surface area contributed by atoms with Crippen molar-refractivity contribution in [1.29, 1.82) is 0 Å². The van der Waals surface area contributed by atoms with Crippen LogP contribution in [0.5, 0.6) is 0 Å². The minimum atomic E-state index is -4.10. The second kappa shape index (κ2) is 7.30. The van der Waals surface area contributed by atoms with Crippen LogP contribution in [0.15, 0.2) is 70.5 Å². The first-order valence-electron chi connectivity index (χ1n) is 9.15. The SMILES string of the molecule is CCn1c2ccccc2c2cc(NS(=O)(=O)c3cc(S(C)(=O)=O)ccc3Cl)ccc21. The number of hydrogen-bond acceptors (Lipinski definition) is 4. The molecule has 0 atom stereocenters. The van der Waals surface area contributed by atoms with E-state index in [2.05, 4.69) is 16.2 Å². The average Bonchev–Trinajstić information content (AvgIpc) is 3.00. The monoisotopic (exact) mass is 462 g/mol. The summed E-state index contributed by atoms with van der Waals surface area (Å²) in [6, 6.07) is 16.9. The van der Waals surface area contributed by atoms with Crippen LogP contribution in [0, 0.1) is 0 Å². The fraction of sp³-hybridized carbons (Fsp3) is 0.143. The Kier molecular flexibility index (Phi) is 5.04. The normalized spacial score (nSPS) is 12.5. The Morgan fingerprint density at radius 3 is 2.30 bits per heavy atom. The number of nitrogens with zero attached hydrogens (tertiary/aromatic N) is 1. The lowest BCUT2D eigenvalue weighted by molar-refractivity contribution is 0.600. The highest BCUT2D eigenvalue weighted by Gasteiger charge is 2.22. The largest absolute Gasteiger partial charge is 0.341 e. The van der Waals surface area contributed by atoms with Gasteiger partial charge in [-0.2, -0.15) is 0 Å². The first-order chi connectivity index (χ1) is 14.1. The minimum Gasteiger partial charge on any atom is -0.341 e. The van der Waals surface area contributed by atoms with Crippen molar-refractivity contribution in [2.24, 2.45) is 0 Å². The van der Waals surface area contributed by atoms with Gasteiger partial charge in [-0.05, 0) is 49.4 Å². The molecule has 0 bridgehead atoms. The molecule has 0 fully saturated rings. The minimum absolute atomic E-state index is 0.0569. The van der Waals surface area contributed by atoms with Gasteiger partial charge < -0.3 is 4.57 Å². The van der Waals surface area contributed by atoms with Crippen molar-refractivity contribution in [3.63, 3.8) is 0 Å². The lowest BCUT2D eigenvalue weighted by Gasteiger charge is -2.11. The molecule has 4 aromatic rings. The third-order valence-electron chi connectivity index (χ3n) is 4.96. The number of para-hydroxylation sites is 1. The molecule has 0 unspecified atom stereocenters. The van der Waals surface area contributed by atoms with E-state index in [9.17, 15) is 16.8 Å². The maximum absolute atomic E-state index is 13.0. The zero-order valence-corrected chi connectivity index (χ0v) is 18.6. The van der Waals surface area contributed by atoms with Gasteiger partial charge in [-0.15, -0.1) is 0 Å². The lowest BCUT2D eigenvalue weighted by atomic mass is 10.1. The summed E-state index contributed by atoms with van der Waals surface area (Å²) in [6.07, 6.45) is 1.01. The molecule has 6 nitrogen and oxygen atoms in total. The summed E-state index contributed by atoms with van der Waals surface area (Å²) in [4.78, 5) is -0.406. The van der Waals surface area contributed by atoms with E-state index in [4.69, 9.17) is 11.6 Å². The van der Waals surface area contributed by atoms with E-state index in [-0.39, 0.29) is 14.8 Å². The Morgan fingerprint density at radius 2 is 1.60 bits per heavy atom.